The Balaban J connectivity index is 1.86. The number of aromatic nitrogens is 2. The lowest BCUT2D eigenvalue weighted by Gasteiger charge is -2.10. The number of methoxy groups -OCH3 is 1. The minimum atomic E-state index is -3.92. The van der Waals surface area contributed by atoms with Gasteiger partial charge in [0.15, 0.2) is 0 Å². The van der Waals surface area contributed by atoms with Gasteiger partial charge in [-0.15, -0.1) is 0 Å². The summed E-state index contributed by atoms with van der Waals surface area (Å²) >= 11 is 3.36. The van der Waals surface area contributed by atoms with E-state index in [0.717, 1.165) is 10.0 Å². The zero-order valence-corrected chi connectivity index (χ0v) is 16.5. The van der Waals surface area contributed by atoms with Gasteiger partial charge >= 0.3 is 0 Å². The van der Waals surface area contributed by atoms with Crippen LogP contribution in [0.3, 0.4) is 0 Å². The summed E-state index contributed by atoms with van der Waals surface area (Å²) in [4.78, 5) is 12.4. The number of hydrogen-bond donors (Lipinski definition) is 3. The highest BCUT2D eigenvalue weighted by molar-refractivity contribution is 9.10. The molecule has 0 spiro atoms. The fourth-order valence-electron chi connectivity index (χ4n) is 2.36. The second-order valence-corrected chi connectivity index (χ2v) is 8.01. The maximum absolute atomic E-state index is 12.5. The number of carbonyl (C=O) groups excluding carboxylic acids is 1. The first-order chi connectivity index (χ1) is 12.8. The third-order valence-corrected chi connectivity index (χ3v) is 5.15. The molecule has 0 saturated heterocycles. The lowest BCUT2D eigenvalue weighted by molar-refractivity contribution is 0.102. The van der Waals surface area contributed by atoms with E-state index in [4.69, 9.17) is 9.88 Å². The number of rotatable bonds is 5. The molecule has 0 bridgehead atoms. The molecule has 3 rings (SSSR count). The largest absolute Gasteiger partial charge is 0.495 e. The molecule has 140 valence electrons. The zero-order chi connectivity index (χ0) is 19.6. The van der Waals surface area contributed by atoms with Gasteiger partial charge in [-0.3, -0.25) is 9.89 Å². The number of H-pyrrole nitrogens is 1. The van der Waals surface area contributed by atoms with Crippen molar-refractivity contribution in [1.82, 2.24) is 10.2 Å². The first-order valence-electron chi connectivity index (χ1n) is 7.61. The molecule has 8 nitrogen and oxygen atoms in total. The monoisotopic (exact) mass is 450 g/mol. The van der Waals surface area contributed by atoms with Crippen LogP contribution < -0.4 is 15.2 Å². The molecule has 0 aliphatic carbocycles. The first-order valence-corrected chi connectivity index (χ1v) is 9.95. The highest BCUT2D eigenvalue weighted by atomic mass is 79.9. The number of carbonyl (C=O) groups is 1. The molecule has 3 aromatic rings. The number of halogens is 1. The van der Waals surface area contributed by atoms with E-state index >= 15 is 0 Å². The summed E-state index contributed by atoms with van der Waals surface area (Å²) in [5, 5.41) is 14.5. The van der Waals surface area contributed by atoms with Crippen molar-refractivity contribution in [1.29, 1.82) is 0 Å². The Morgan fingerprint density at radius 2 is 1.89 bits per heavy atom. The number of benzene rings is 2. The van der Waals surface area contributed by atoms with E-state index in [-0.39, 0.29) is 16.3 Å². The quantitative estimate of drug-likeness (QED) is 0.550. The summed E-state index contributed by atoms with van der Waals surface area (Å²) in [5.41, 5.74) is 1.81. The topological polar surface area (TPSA) is 127 Å². The van der Waals surface area contributed by atoms with Crippen LogP contribution in [0, 0.1) is 0 Å². The van der Waals surface area contributed by atoms with Gasteiger partial charge in [0.05, 0.1) is 23.4 Å². The van der Waals surface area contributed by atoms with Crippen LogP contribution >= 0.6 is 15.9 Å². The van der Waals surface area contributed by atoms with Gasteiger partial charge in [0.2, 0.25) is 10.0 Å². The van der Waals surface area contributed by atoms with Crippen molar-refractivity contribution in [3.8, 4) is 17.0 Å². The predicted octanol–water partition coefficient (Wildman–Crippen LogP) is 2.75. The van der Waals surface area contributed by atoms with Gasteiger partial charge in [-0.2, -0.15) is 5.10 Å². The summed E-state index contributed by atoms with van der Waals surface area (Å²) in [6, 6.07) is 13.0. The summed E-state index contributed by atoms with van der Waals surface area (Å²) in [6.07, 6.45) is 0. The third-order valence-electron chi connectivity index (χ3n) is 3.71. The number of sulfonamides is 1. The SMILES string of the molecule is COc1ccc(S(N)(=O)=O)cc1NC(=O)c1cc(-c2ccc(Br)cc2)n[nH]1. The van der Waals surface area contributed by atoms with Crippen molar-refractivity contribution in [3.05, 3.63) is 58.7 Å². The molecule has 0 saturated carbocycles. The standard InChI is InChI=1S/C17H15BrN4O4S/c1-26-16-7-6-12(27(19,24)25)8-14(16)20-17(23)15-9-13(21-22-15)10-2-4-11(18)5-3-10/h2-9H,1H3,(H,20,23)(H,21,22)(H2,19,24,25). The fourth-order valence-corrected chi connectivity index (χ4v) is 3.16. The van der Waals surface area contributed by atoms with Crippen molar-refractivity contribution in [2.24, 2.45) is 5.14 Å². The number of anilines is 1. The Morgan fingerprint density at radius 1 is 1.19 bits per heavy atom. The van der Waals surface area contributed by atoms with Gasteiger partial charge in [-0.1, -0.05) is 28.1 Å². The van der Waals surface area contributed by atoms with E-state index < -0.39 is 15.9 Å². The average Bonchev–Trinajstić information content (AvgIpc) is 3.12. The van der Waals surface area contributed by atoms with E-state index in [1.165, 1.54) is 25.3 Å². The van der Waals surface area contributed by atoms with Crippen LogP contribution in [0.25, 0.3) is 11.3 Å². The molecular formula is C17H15BrN4O4S. The number of ether oxygens (including phenoxy) is 1. The molecule has 0 atom stereocenters. The summed E-state index contributed by atoms with van der Waals surface area (Å²) in [5.74, 6) is -0.209. The van der Waals surface area contributed by atoms with Crippen LogP contribution in [0.2, 0.25) is 0 Å². The van der Waals surface area contributed by atoms with Crippen molar-refractivity contribution in [2.45, 2.75) is 4.90 Å². The summed E-state index contributed by atoms with van der Waals surface area (Å²) in [6.45, 7) is 0. The Bertz CT molecular complexity index is 1090. The van der Waals surface area contributed by atoms with Gasteiger partial charge in [0.1, 0.15) is 11.4 Å². The number of primary sulfonamides is 1. The maximum atomic E-state index is 12.5. The summed E-state index contributed by atoms with van der Waals surface area (Å²) in [7, 11) is -2.51. The number of nitrogens with two attached hydrogens (primary N) is 1. The van der Waals surface area contributed by atoms with Crippen molar-refractivity contribution in [3.63, 3.8) is 0 Å². The molecular weight excluding hydrogens is 436 g/mol. The average molecular weight is 451 g/mol. The highest BCUT2D eigenvalue weighted by Crippen LogP contribution is 2.28. The molecule has 0 unspecified atom stereocenters. The molecule has 4 N–H and O–H groups in total. The zero-order valence-electron chi connectivity index (χ0n) is 14.1. The van der Waals surface area contributed by atoms with Gasteiger partial charge < -0.3 is 10.1 Å². The van der Waals surface area contributed by atoms with Crippen LogP contribution in [0.5, 0.6) is 5.75 Å². The molecule has 0 radical (unpaired) electrons. The second kappa shape index (κ2) is 7.51. The summed E-state index contributed by atoms with van der Waals surface area (Å²) < 4.78 is 29.1. The van der Waals surface area contributed by atoms with Crippen LogP contribution in [0.15, 0.2) is 57.9 Å². The second-order valence-electron chi connectivity index (χ2n) is 5.53. The first kappa shape index (κ1) is 19.1. The van der Waals surface area contributed by atoms with E-state index in [1.807, 2.05) is 24.3 Å². The van der Waals surface area contributed by atoms with Crippen molar-refractivity contribution in [2.75, 3.05) is 12.4 Å². The van der Waals surface area contributed by atoms with E-state index in [9.17, 15) is 13.2 Å². The number of nitrogens with zero attached hydrogens (tertiary/aromatic N) is 1. The normalized spacial score (nSPS) is 11.2. The molecule has 0 aliphatic rings. The van der Waals surface area contributed by atoms with Crippen molar-refractivity contribution < 1.29 is 17.9 Å². The number of aromatic amines is 1. The molecule has 27 heavy (non-hydrogen) atoms. The maximum Gasteiger partial charge on any atom is 0.273 e. The molecule has 1 amide bonds. The molecule has 2 aromatic carbocycles. The third kappa shape index (κ3) is 4.35. The van der Waals surface area contributed by atoms with Gasteiger partial charge in [0.25, 0.3) is 5.91 Å². The number of amides is 1. The number of nitrogens with one attached hydrogen (secondary N) is 2. The Morgan fingerprint density at radius 3 is 2.52 bits per heavy atom. The highest BCUT2D eigenvalue weighted by Gasteiger charge is 2.16. The van der Waals surface area contributed by atoms with E-state index in [2.05, 4.69) is 31.4 Å². The lowest BCUT2D eigenvalue weighted by atomic mass is 10.1. The molecule has 0 aliphatic heterocycles. The Kier molecular flexibility index (Phi) is 5.31. The number of hydrogen-bond acceptors (Lipinski definition) is 5. The van der Waals surface area contributed by atoms with Gasteiger partial charge in [0, 0.05) is 10.0 Å². The smallest absolute Gasteiger partial charge is 0.273 e. The minimum absolute atomic E-state index is 0.140. The molecule has 0 fully saturated rings. The minimum Gasteiger partial charge on any atom is -0.495 e. The van der Waals surface area contributed by atoms with Gasteiger partial charge in [-0.05, 0) is 36.4 Å². The van der Waals surface area contributed by atoms with Gasteiger partial charge in [-0.25, -0.2) is 13.6 Å². The predicted molar refractivity (Wildman–Crippen MR) is 104 cm³/mol. The molecule has 1 heterocycles. The van der Waals surface area contributed by atoms with E-state index in [0.29, 0.717) is 11.4 Å². The molecule has 1 aromatic heterocycles. The Labute approximate surface area is 163 Å². The van der Waals surface area contributed by atoms with Crippen LogP contribution in [-0.2, 0) is 10.0 Å². The Hall–Kier alpha value is -2.69. The van der Waals surface area contributed by atoms with Crippen LogP contribution in [0.4, 0.5) is 5.69 Å². The van der Waals surface area contributed by atoms with Crippen LogP contribution in [-0.4, -0.2) is 31.6 Å². The fraction of sp³-hybridized carbons (Fsp3) is 0.0588. The lowest BCUT2D eigenvalue weighted by Crippen LogP contribution is -2.16. The molecule has 10 heteroatoms. The van der Waals surface area contributed by atoms with Crippen molar-refractivity contribution >= 4 is 37.5 Å². The van der Waals surface area contributed by atoms with E-state index in [1.54, 1.807) is 6.07 Å². The van der Waals surface area contributed by atoms with Crippen LogP contribution in [0.1, 0.15) is 10.5 Å².